The average molecular weight is 250 g/mol. The third kappa shape index (κ3) is 2.13. The molecule has 18 heavy (non-hydrogen) atoms. The molecule has 0 unspecified atom stereocenters. The molecule has 1 aliphatic heterocycles. The summed E-state index contributed by atoms with van der Waals surface area (Å²) in [6.45, 7) is 0. The quantitative estimate of drug-likeness (QED) is 0.460. The number of carbonyl (C=O) groups excluding carboxylic acids is 2. The third-order valence-electron chi connectivity index (χ3n) is 2.75. The molecule has 2 rings (SSSR count). The Morgan fingerprint density at radius 3 is 2.39 bits per heavy atom. The Morgan fingerprint density at radius 1 is 1.28 bits per heavy atom. The van der Waals surface area contributed by atoms with Gasteiger partial charge in [-0.25, -0.2) is 4.90 Å². The van der Waals surface area contributed by atoms with Gasteiger partial charge in [0.25, 0.3) is 0 Å². The highest BCUT2D eigenvalue weighted by molar-refractivity contribution is 6.17. The van der Waals surface area contributed by atoms with Gasteiger partial charge < -0.3 is 16.2 Å². The lowest BCUT2D eigenvalue weighted by Gasteiger charge is -2.27. The Morgan fingerprint density at radius 2 is 1.89 bits per heavy atom. The summed E-state index contributed by atoms with van der Waals surface area (Å²) in [5, 5.41) is 19.1. The van der Waals surface area contributed by atoms with E-state index in [0.717, 1.165) is 4.90 Å². The van der Waals surface area contributed by atoms with Crippen LogP contribution < -0.4 is 15.9 Å². The number of hydrogen-bond acceptors (Lipinski definition) is 6. The number of benzene rings is 1. The highest BCUT2D eigenvalue weighted by Gasteiger charge is 2.28. The standard InChI is InChI=1S/C11H12N3O4/c12-8-6-7(14(17)18)4-5-9(8)13-10(15)2-1-3-11(13)16/h4-6,17H,1-3,12H2/q-1. The Balaban J connectivity index is 2.38. The lowest BCUT2D eigenvalue weighted by Crippen LogP contribution is -2.40. The Kier molecular flexibility index (Phi) is 3.17. The fraction of sp³-hybridized carbons (Fsp3) is 0.273. The minimum atomic E-state index is -0.333. The summed E-state index contributed by atoms with van der Waals surface area (Å²) >= 11 is 0. The SMILES string of the molecule is Nc1cc(N([O-])O)ccc1N1C(=O)CCCC1=O. The third-order valence-corrected chi connectivity index (χ3v) is 2.75. The van der Waals surface area contributed by atoms with Crippen LogP contribution in [-0.4, -0.2) is 17.0 Å². The second-order valence-electron chi connectivity index (χ2n) is 3.99. The van der Waals surface area contributed by atoms with Gasteiger partial charge >= 0.3 is 0 Å². The molecule has 0 atom stereocenters. The molecule has 7 heteroatoms. The van der Waals surface area contributed by atoms with Gasteiger partial charge in [-0.2, -0.15) is 0 Å². The molecule has 3 N–H and O–H groups in total. The van der Waals surface area contributed by atoms with Gasteiger partial charge in [-0.05, 0) is 24.6 Å². The number of nitrogens with zero attached hydrogens (tertiary/aromatic N) is 2. The molecule has 0 radical (unpaired) electrons. The molecule has 0 aliphatic carbocycles. The topological polar surface area (TPSA) is 110 Å². The lowest BCUT2D eigenvalue weighted by atomic mass is 10.1. The maximum Gasteiger partial charge on any atom is 0.233 e. The normalized spacial score (nSPS) is 16.0. The molecule has 7 nitrogen and oxygen atoms in total. The van der Waals surface area contributed by atoms with E-state index in [4.69, 9.17) is 10.9 Å². The summed E-state index contributed by atoms with van der Waals surface area (Å²) in [7, 11) is 0. The smallest absolute Gasteiger partial charge is 0.233 e. The zero-order valence-electron chi connectivity index (χ0n) is 9.50. The van der Waals surface area contributed by atoms with Crippen molar-refractivity contribution >= 4 is 28.9 Å². The molecule has 1 saturated heterocycles. The van der Waals surface area contributed by atoms with Crippen molar-refractivity contribution < 1.29 is 14.8 Å². The predicted octanol–water partition coefficient (Wildman–Crippen LogP) is 1.01. The number of piperidine rings is 1. The highest BCUT2D eigenvalue weighted by atomic mass is 16.8. The monoisotopic (exact) mass is 250 g/mol. The first-order chi connectivity index (χ1) is 8.50. The first-order valence-corrected chi connectivity index (χ1v) is 5.42. The molecule has 2 amide bonds. The van der Waals surface area contributed by atoms with Crippen molar-refractivity contribution in [2.75, 3.05) is 15.9 Å². The lowest BCUT2D eigenvalue weighted by molar-refractivity contribution is -0.129. The molecule has 0 saturated carbocycles. The Bertz CT molecular complexity index is 485. The average Bonchev–Trinajstić information content (AvgIpc) is 2.30. The van der Waals surface area contributed by atoms with E-state index in [0.29, 0.717) is 19.3 Å². The molecule has 96 valence electrons. The number of amides is 2. The van der Waals surface area contributed by atoms with Crippen LogP contribution in [0, 0.1) is 5.21 Å². The van der Waals surface area contributed by atoms with E-state index in [9.17, 15) is 14.8 Å². The summed E-state index contributed by atoms with van der Waals surface area (Å²) in [6.07, 6.45) is 1.12. The maximum atomic E-state index is 11.7. The zero-order valence-corrected chi connectivity index (χ0v) is 9.50. The van der Waals surface area contributed by atoms with E-state index in [1.54, 1.807) is 0 Å². The van der Waals surface area contributed by atoms with Crippen molar-refractivity contribution in [2.45, 2.75) is 19.3 Å². The second kappa shape index (κ2) is 4.63. The van der Waals surface area contributed by atoms with Crippen LogP contribution in [0.4, 0.5) is 17.1 Å². The van der Waals surface area contributed by atoms with Gasteiger partial charge in [-0.3, -0.25) is 14.8 Å². The maximum absolute atomic E-state index is 11.7. The highest BCUT2D eigenvalue weighted by Crippen LogP contribution is 2.30. The van der Waals surface area contributed by atoms with Gasteiger partial charge in [0.15, 0.2) is 0 Å². The van der Waals surface area contributed by atoms with Crippen LogP contribution in [0.1, 0.15) is 19.3 Å². The number of nitrogen functional groups attached to an aromatic ring is 1. The van der Waals surface area contributed by atoms with E-state index in [-0.39, 0.29) is 34.1 Å². The Hall–Kier alpha value is -2.12. The number of anilines is 3. The number of imide groups is 1. The van der Waals surface area contributed by atoms with Crippen LogP contribution in [-0.2, 0) is 9.59 Å². The number of hydrogen-bond donors (Lipinski definition) is 2. The largest absolute Gasteiger partial charge is 0.733 e. The molecule has 1 aromatic carbocycles. The van der Waals surface area contributed by atoms with Crippen molar-refractivity contribution in [3.8, 4) is 0 Å². The molecule has 0 aromatic heterocycles. The first-order valence-electron chi connectivity index (χ1n) is 5.42. The minimum absolute atomic E-state index is 0.0619. The van der Waals surface area contributed by atoms with E-state index in [1.807, 2.05) is 0 Å². The van der Waals surface area contributed by atoms with Crippen LogP contribution in [0.15, 0.2) is 18.2 Å². The van der Waals surface area contributed by atoms with Crippen molar-refractivity contribution in [3.63, 3.8) is 0 Å². The zero-order chi connectivity index (χ0) is 13.3. The van der Waals surface area contributed by atoms with Gasteiger partial charge in [0.2, 0.25) is 11.8 Å². The van der Waals surface area contributed by atoms with Crippen LogP contribution in [0.3, 0.4) is 0 Å². The minimum Gasteiger partial charge on any atom is -0.733 e. The molecular weight excluding hydrogens is 238 g/mol. The fourth-order valence-electron chi connectivity index (χ4n) is 1.89. The number of rotatable bonds is 2. The second-order valence-corrected chi connectivity index (χ2v) is 3.99. The van der Waals surface area contributed by atoms with Gasteiger partial charge in [-0.1, -0.05) is 0 Å². The Labute approximate surface area is 103 Å². The molecule has 1 fully saturated rings. The van der Waals surface area contributed by atoms with Crippen molar-refractivity contribution in [3.05, 3.63) is 23.4 Å². The van der Waals surface area contributed by atoms with Crippen LogP contribution in [0.2, 0.25) is 0 Å². The van der Waals surface area contributed by atoms with Crippen LogP contribution in [0.5, 0.6) is 0 Å². The summed E-state index contributed by atoms with van der Waals surface area (Å²) in [4.78, 5) is 24.4. The fourth-order valence-corrected chi connectivity index (χ4v) is 1.89. The summed E-state index contributed by atoms with van der Waals surface area (Å²) in [5.41, 5.74) is 5.96. The molecule has 0 bridgehead atoms. The number of nitrogens with two attached hydrogens (primary N) is 1. The molecule has 1 heterocycles. The van der Waals surface area contributed by atoms with E-state index < -0.39 is 0 Å². The van der Waals surface area contributed by atoms with Gasteiger partial charge in [0.1, 0.15) is 0 Å². The molecule has 1 aliphatic rings. The van der Waals surface area contributed by atoms with Gasteiger partial charge in [-0.15, -0.1) is 0 Å². The first kappa shape index (κ1) is 12.3. The molecule has 1 aromatic rings. The predicted molar refractivity (Wildman–Crippen MR) is 64.8 cm³/mol. The van der Waals surface area contributed by atoms with Crippen LogP contribution >= 0.6 is 0 Å². The molecular formula is C11H12N3O4-. The van der Waals surface area contributed by atoms with E-state index in [1.165, 1.54) is 18.2 Å². The molecule has 0 spiro atoms. The van der Waals surface area contributed by atoms with Crippen LogP contribution in [0.25, 0.3) is 0 Å². The van der Waals surface area contributed by atoms with Crippen molar-refractivity contribution in [2.24, 2.45) is 0 Å². The summed E-state index contributed by atoms with van der Waals surface area (Å²) < 4.78 is 0. The summed E-state index contributed by atoms with van der Waals surface area (Å²) in [6, 6.07) is 3.86. The van der Waals surface area contributed by atoms with Crippen molar-refractivity contribution in [1.29, 1.82) is 0 Å². The van der Waals surface area contributed by atoms with Gasteiger partial charge in [0.05, 0.1) is 17.1 Å². The van der Waals surface area contributed by atoms with Crippen molar-refractivity contribution in [1.82, 2.24) is 0 Å². The van der Waals surface area contributed by atoms with E-state index in [2.05, 4.69) is 0 Å². The summed E-state index contributed by atoms with van der Waals surface area (Å²) in [5.74, 6) is -0.623. The van der Waals surface area contributed by atoms with Gasteiger partial charge in [0, 0.05) is 12.8 Å². The van der Waals surface area contributed by atoms with E-state index >= 15 is 0 Å². The number of carbonyl (C=O) groups is 2.